The van der Waals surface area contributed by atoms with Crippen LogP contribution in [-0.2, 0) is 4.74 Å². The van der Waals surface area contributed by atoms with Gasteiger partial charge in [-0.3, -0.25) is 0 Å². The second kappa shape index (κ2) is 5.91. The molecule has 1 aromatic carbocycles. The first-order chi connectivity index (χ1) is 8.65. The summed E-state index contributed by atoms with van der Waals surface area (Å²) in [5.74, 6) is 0.751. The van der Waals surface area contributed by atoms with E-state index in [-0.39, 0.29) is 12.2 Å². The summed E-state index contributed by atoms with van der Waals surface area (Å²) in [6, 6.07) is 6.19. The molecule has 3 unspecified atom stereocenters. The summed E-state index contributed by atoms with van der Waals surface area (Å²) in [5.41, 5.74) is 1.15. The Bertz CT molecular complexity index is 411. The molecule has 1 N–H and O–H groups in total. The van der Waals surface area contributed by atoms with Gasteiger partial charge in [-0.05, 0) is 38.6 Å². The first kappa shape index (κ1) is 13.7. The van der Waals surface area contributed by atoms with Crippen molar-refractivity contribution in [3.8, 4) is 5.75 Å². The van der Waals surface area contributed by atoms with Crippen molar-refractivity contribution in [2.45, 2.75) is 38.5 Å². The van der Waals surface area contributed by atoms with Gasteiger partial charge < -0.3 is 14.8 Å². The summed E-state index contributed by atoms with van der Waals surface area (Å²) in [5, 5.41) is 3.90. The van der Waals surface area contributed by atoms with Crippen LogP contribution in [0.25, 0.3) is 0 Å². The molecule has 0 aliphatic heterocycles. The van der Waals surface area contributed by atoms with Gasteiger partial charge in [-0.1, -0.05) is 17.7 Å². The van der Waals surface area contributed by atoms with Gasteiger partial charge in [0.1, 0.15) is 18.0 Å². The molecule has 4 heteroatoms. The molecule has 0 bridgehead atoms. The Hall–Kier alpha value is -0.770. The van der Waals surface area contributed by atoms with Crippen molar-refractivity contribution < 1.29 is 9.47 Å². The molecule has 1 aromatic rings. The summed E-state index contributed by atoms with van der Waals surface area (Å²) in [7, 11) is 1.95. The van der Waals surface area contributed by atoms with Crippen LogP contribution in [0.1, 0.15) is 18.9 Å². The average Bonchev–Trinajstić information content (AvgIpc) is 2.35. The van der Waals surface area contributed by atoms with Crippen LogP contribution in [-0.4, -0.2) is 31.9 Å². The van der Waals surface area contributed by atoms with E-state index in [9.17, 15) is 0 Å². The molecule has 0 spiro atoms. The molecule has 100 valence electrons. The van der Waals surface area contributed by atoms with Crippen LogP contribution in [0.15, 0.2) is 18.2 Å². The average molecular weight is 270 g/mol. The number of benzene rings is 1. The standard InChI is InChI=1S/C14H20ClNO2/c1-4-17-14-11(16-3)8-13(14)18-12-7-9(2)5-6-10(12)15/h5-7,11,13-14,16H,4,8H2,1-3H3. The Balaban J connectivity index is 2.03. The maximum Gasteiger partial charge on any atom is 0.138 e. The fraction of sp³-hybridized carbons (Fsp3) is 0.571. The lowest BCUT2D eigenvalue weighted by Gasteiger charge is -2.43. The van der Waals surface area contributed by atoms with Crippen molar-refractivity contribution in [2.75, 3.05) is 13.7 Å². The first-order valence-corrected chi connectivity index (χ1v) is 6.75. The van der Waals surface area contributed by atoms with E-state index in [0.717, 1.165) is 17.7 Å². The molecule has 1 aliphatic carbocycles. The molecule has 3 atom stereocenters. The highest BCUT2D eigenvalue weighted by Crippen LogP contribution is 2.33. The van der Waals surface area contributed by atoms with Crippen LogP contribution < -0.4 is 10.1 Å². The predicted molar refractivity (Wildman–Crippen MR) is 73.5 cm³/mol. The largest absolute Gasteiger partial charge is 0.486 e. The zero-order valence-electron chi connectivity index (χ0n) is 11.1. The van der Waals surface area contributed by atoms with Gasteiger partial charge >= 0.3 is 0 Å². The molecule has 0 amide bonds. The summed E-state index contributed by atoms with van der Waals surface area (Å²) < 4.78 is 11.7. The van der Waals surface area contributed by atoms with E-state index >= 15 is 0 Å². The lowest BCUT2D eigenvalue weighted by molar-refractivity contribution is -0.103. The first-order valence-electron chi connectivity index (χ1n) is 6.37. The van der Waals surface area contributed by atoms with Crippen LogP contribution in [0.2, 0.25) is 5.02 Å². The number of halogens is 1. The predicted octanol–water partition coefficient (Wildman–Crippen LogP) is 2.79. The maximum absolute atomic E-state index is 6.13. The van der Waals surface area contributed by atoms with E-state index in [2.05, 4.69) is 5.32 Å². The van der Waals surface area contributed by atoms with E-state index in [1.807, 2.05) is 39.1 Å². The zero-order valence-corrected chi connectivity index (χ0v) is 11.8. The molecule has 0 saturated heterocycles. The monoisotopic (exact) mass is 269 g/mol. The topological polar surface area (TPSA) is 30.5 Å². The molecule has 0 radical (unpaired) electrons. The van der Waals surface area contributed by atoms with Crippen molar-refractivity contribution in [3.05, 3.63) is 28.8 Å². The van der Waals surface area contributed by atoms with Gasteiger partial charge in [0.05, 0.1) is 5.02 Å². The summed E-state index contributed by atoms with van der Waals surface area (Å²) >= 11 is 6.13. The minimum absolute atomic E-state index is 0.0849. The van der Waals surface area contributed by atoms with Gasteiger partial charge in [-0.15, -0.1) is 0 Å². The molecule has 18 heavy (non-hydrogen) atoms. The number of ether oxygens (including phenoxy) is 2. The summed E-state index contributed by atoms with van der Waals surface area (Å²) in [6.45, 7) is 4.73. The number of nitrogens with one attached hydrogen (secondary N) is 1. The van der Waals surface area contributed by atoms with Crippen LogP contribution in [0.5, 0.6) is 5.75 Å². The number of rotatable bonds is 5. The SMILES string of the molecule is CCOC1C(NC)CC1Oc1cc(C)ccc1Cl. The quantitative estimate of drug-likeness (QED) is 0.892. The highest BCUT2D eigenvalue weighted by molar-refractivity contribution is 6.32. The Morgan fingerprint density at radius 3 is 2.89 bits per heavy atom. The second-order valence-electron chi connectivity index (χ2n) is 4.64. The van der Waals surface area contributed by atoms with Crippen molar-refractivity contribution in [2.24, 2.45) is 0 Å². The van der Waals surface area contributed by atoms with Gasteiger partial charge in [0, 0.05) is 19.1 Å². The normalized spacial score (nSPS) is 26.8. The van der Waals surface area contributed by atoms with Gasteiger partial charge in [0.2, 0.25) is 0 Å². The van der Waals surface area contributed by atoms with Gasteiger partial charge in [0.15, 0.2) is 0 Å². The maximum atomic E-state index is 6.13. The van der Waals surface area contributed by atoms with Gasteiger partial charge in [0.25, 0.3) is 0 Å². The van der Waals surface area contributed by atoms with E-state index in [4.69, 9.17) is 21.1 Å². The van der Waals surface area contributed by atoms with Crippen molar-refractivity contribution >= 4 is 11.6 Å². The highest BCUT2D eigenvalue weighted by Gasteiger charge is 2.43. The lowest BCUT2D eigenvalue weighted by Crippen LogP contribution is -2.60. The fourth-order valence-corrected chi connectivity index (χ4v) is 2.42. The van der Waals surface area contributed by atoms with E-state index in [1.165, 1.54) is 0 Å². The van der Waals surface area contributed by atoms with Crippen LogP contribution in [0.4, 0.5) is 0 Å². The minimum atomic E-state index is 0.0849. The molecule has 1 saturated carbocycles. The molecular formula is C14H20ClNO2. The van der Waals surface area contributed by atoms with E-state index in [1.54, 1.807) is 0 Å². The molecule has 1 aliphatic rings. The molecular weight excluding hydrogens is 250 g/mol. The third-order valence-corrected chi connectivity index (χ3v) is 3.66. The summed E-state index contributed by atoms with van der Waals surface area (Å²) in [4.78, 5) is 0. The van der Waals surface area contributed by atoms with Crippen molar-refractivity contribution in [1.29, 1.82) is 0 Å². The number of hydrogen-bond donors (Lipinski definition) is 1. The Morgan fingerprint density at radius 2 is 2.22 bits per heavy atom. The smallest absolute Gasteiger partial charge is 0.138 e. The Kier molecular flexibility index (Phi) is 4.49. The number of aryl methyl sites for hydroxylation is 1. The molecule has 2 rings (SSSR count). The molecule has 3 nitrogen and oxygen atoms in total. The van der Waals surface area contributed by atoms with Crippen LogP contribution in [0.3, 0.4) is 0 Å². The van der Waals surface area contributed by atoms with Crippen molar-refractivity contribution in [3.63, 3.8) is 0 Å². The third kappa shape index (κ3) is 2.79. The van der Waals surface area contributed by atoms with Crippen LogP contribution >= 0.6 is 11.6 Å². The highest BCUT2D eigenvalue weighted by atomic mass is 35.5. The Morgan fingerprint density at radius 1 is 1.44 bits per heavy atom. The fourth-order valence-electron chi connectivity index (χ4n) is 2.26. The molecule has 0 heterocycles. The zero-order chi connectivity index (χ0) is 13.1. The second-order valence-corrected chi connectivity index (χ2v) is 5.05. The summed E-state index contributed by atoms with van der Waals surface area (Å²) in [6.07, 6.45) is 1.14. The van der Waals surface area contributed by atoms with Gasteiger partial charge in [-0.25, -0.2) is 0 Å². The molecule has 1 fully saturated rings. The lowest BCUT2D eigenvalue weighted by atomic mass is 9.85. The number of likely N-dealkylation sites (N-methyl/N-ethyl adjacent to an activating group) is 1. The minimum Gasteiger partial charge on any atom is -0.486 e. The van der Waals surface area contributed by atoms with Gasteiger partial charge in [-0.2, -0.15) is 0 Å². The third-order valence-electron chi connectivity index (χ3n) is 3.34. The molecule has 0 aromatic heterocycles. The van der Waals surface area contributed by atoms with Crippen molar-refractivity contribution in [1.82, 2.24) is 5.32 Å². The number of hydrogen-bond acceptors (Lipinski definition) is 3. The van der Waals surface area contributed by atoms with E-state index in [0.29, 0.717) is 17.7 Å². The van der Waals surface area contributed by atoms with Crippen LogP contribution in [0, 0.1) is 6.92 Å². The van der Waals surface area contributed by atoms with E-state index < -0.39 is 0 Å². The Labute approximate surface area is 113 Å².